The number of hydrogen-bond acceptors (Lipinski definition) is 12. The first kappa shape index (κ1) is 45.8. The van der Waals surface area contributed by atoms with Crippen molar-refractivity contribution in [1.82, 2.24) is 24.9 Å². The van der Waals surface area contributed by atoms with Crippen LogP contribution in [0.15, 0.2) is 35.7 Å². The predicted molar refractivity (Wildman–Crippen MR) is 239 cm³/mol. The zero-order chi connectivity index (χ0) is 45.6. The van der Waals surface area contributed by atoms with E-state index in [1.807, 2.05) is 50.4 Å². The van der Waals surface area contributed by atoms with Crippen LogP contribution in [-0.4, -0.2) is 95.3 Å². The number of nitrogens with one attached hydrogen (secondary N) is 3. The van der Waals surface area contributed by atoms with Gasteiger partial charge in [0.05, 0.1) is 30.1 Å². The molecule has 0 bridgehead atoms. The number of Topliss-reactive ketones (excluding diaryl/α,β-unsaturated/α-hetero) is 1. The molecule has 2 aliphatic heterocycles. The van der Waals surface area contributed by atoms with Crippen molar-refractivity contribution in [1.29, 1.82) is 0 Å². The number of aromatic nitrogens is 2. The number of thiazole rings is 1. The molecule has 3 amide bonds. The molecule has 3 aliphatic carbocycles. The summed E-state index contributed by atoms with van der Waals surface area (Å²) < 4.78 is 69.7. The van der Waals surface area contributed by atoms with Crippen LogP contribution in [0.1, 0.15) is 109 Å². The molecule has 3 N–H and O–H groups in total. The summed E-state index contributed by atoms with van der Waals surface area (Å²) in [6.45, 7) is 5.87. The molecule has 346 valence electrons. The molecule has 3 saturated carbocycles. The largest absolute Gasteiger partial charge is 0.496 e. The van der Waals surface area contributed by atoms with Gasteiger partial charge in [-0.05, 0) is 84.3 Å². The summed E-state index contributed by atoms with van der Waals surface area (Å²) in [5, 5.41) is 8.83. The van der Waals surface area contributed by atoms with Crippen molar-refractivity contribution >= 4 is 60.9 Å². The lowest BCUT2D eigenvalue weighted by Crippen LogP contribution is -2.57. The van der Waals surface area contributed by atoms with E-state index in [4.69, 9.17) is 19.4 Å². The molecule has 2 unspecified atom stereocenters. The van der Waals surface area contributed by atoms with Crippen LogP contribution in [-0.2, 0) is 29.2 Å². The number of fused-ring (bicyclic) bond motifs is 3. The molecule has 0 radical (unpaired) electrons. The van der Waals surface area contributed by atoms with E-state index in [1.165, 1.54) is 16.2 Å². The van der Waals surface area contributed by atoms with Crippen molar-refractivity contribution in [2.75, 3.05) is 19.0 Å². The van der Waals surface area contributed by atoms with Crippen LogP contribution in [0.4, 0.5) is 13.9 Å². The molecule has 64 heavy (non-hydrogen) atoms. The number of sulfonamides is 1. The molecule has 1 saturated heterocycles. The maximum absolute atomic E-state index is 15.0. The third kappa shape index (κ3) is 9.92. The Bertz CT molecular complexity index is 2440. The van der Waals surface area contributed by atoms with Gasteiger partial charge < -0.3 is 25.0 Å². The normalized spacial score (nSPS) is 28.0. The Kier molecular flexibility index (Phi) is 13.1. The second kappa shape index (κ2) is 18.3. The SMILES string of the molecule is COc1ccc2c(O[C@@H]3C[C@H]4C(=O)N[C@]5(C(=O)NS(=O)(=O)C6CC6)CC5/C=C\CCCCC[C@H](CC(=O)C5CCCC(F)(F)C5)C(=O)N4C3)cc(-c3csc(NC(C)C)n3)nc2c1C. The second-order valence-corrected chi connectivity index (χ2v) is 21.5. The highest BCUT2D eigenvalue weighted by Gasteiger charge is 2.62. The summed E-state index contributed by atoms with van der Waals surface area (Å²) in [5.41, 5.74) is 0.948. The number of benzene rings is 1. The molecule has 2 aromatic heterocycles. The maximum atomic E-state index is 15.0. The predicted octanol–water partition coefficient (Wildman–Crippen LogP) is 7.25. The molecule has 5 aliphatic rings. The fraction of sp³-hybridized carbons (Fsp3) is 0.609. The van der Waals surface area contributed by atoms with Crippen molar-refractivity contribution in [2.24, 2.45) is 17.8 Å². The monoisotopic (exact) mass is 924 g/mol. The lowest BCUT2D eigenvalue weighted by atomic mass is 9.80. The third-order valence-electron chi connectivity index (χ3n) is 13.3. The number of ketones is 1. The second-order valence-electron chi connectivity index (χ2n) is 18.6. The Morgan fingerprint density at radius 1 is 1.03 bits per heavy atom. The van der Waals surface area contributed by atoms with Gasteiger partial charge in [-0.25, -0.2) is 27.2 Å². The van der Waals surface area contributed by atoms with Gasteiger partial charge in [0.2, 0.25) is 27.8 Å². The Hall–Kier alpha value is -4.71. The van der Waals surface area contributed by atoms with Gasteiger partial charge in [-0.15, -0.1) is 11.3 Å². The van der Waals surface area contributed by atoms with Crippen molar-refractivity contribution in [3.8, 4) is 22.9 Å². The first-order valence-corrected chi connectivity index (χ1v) is 25.0. The van der Waals surface area contributed by atoms with E-state index in [2.05, 4.69) is 15.4 Å². The topological polar surface area (TPSA) is 186 Å². The zero-order valence-corrected chi connectivity index (χ0v) is 38.4. The minimum atomic E-state index is -3.95. The molecular weight excluding hydrogens is 867 g/mol. The highest BCUT2D eigenvalue weighted by atomic mass is 32.2. The molecule has 4 heterocycles. The summed E-state index contributed by atoms with van der Waals surface area (Å²) in [5.74, 6) is -6.45. The van der Waals surface area contributed by atoms with E-state index in [0.717, 1.165) is 23.5 Å². The lowest BCUT2D eigenvalue weighted by molar-refractivity contribution is -0.145. The number of anilines is 1. The van der Waals surface area contributed by atoms with Gasteiger partial charge in [-0.2, -0.15) is 0 Å². The van der Waals surface area contributed by atoms with Crippen LogP contribution in [0.2, 0.25) is 0 Å². The van der Waals surface area contributed by atoms with Gasteiger partial charge >= 0.3 is 0 Å². The van der Waals surface area contributed by atoms with Gasteiger partial charge in [0.1, 0.15) is 40.7 Å². The number of amides is 3. The number of carbonyl (C=O) groups is 4. The number of methoxy groups -OCH3 is 1. The van der Waals surface area contributed by atoms with Crippen LogP contribution < -0.4 is 24.8 Å². The maximum Gasteiger partial charge on any atom is 0.259 e. The number of ether oxygens (including phenoxy) is 2. The number of pyridine rings is 1. The van der Waals surface area contributed by atoms with Crippen molar-refractivity contribution in [2.45, 2.75) is 146 Å². The standard InChI is InChI=1S/C46H58F2N6O8S2/c1-26(2)49-44-51-35(25-63-44)34-21-39(33-16-17-38(61-4)27(3)40(33)50-34)62-31-20-36-41(56)52-46(43(58)53-64(59,60)32-14-15-32)23-30(46)13-9-7-5-6-8-11-28(42(57)54(36)24-31)19-37(55)29-12-10-18-45(47,48)22-29/h9,13,16-17,21,25-26,28-32,36H,5-8,10-12,14-15,18-20,22-24H2,1-4H3,(H,49,51)(H,52,56)(H,53,58)/b13-9-/t28-,29?,30?,31-,36+,46-/m1/s1. The Morgan fingerprint density at radius 3 is 2.56 bits per heavy atom. The van der Waals surface area contributed by atoms with Crippen LogP contribution >= 0.6 is 11.3 Å². The Balaban J connectivity index is 1.14. The number of nitrogens with zero attached hydrogens (tertiary/aromatic N) is 3. The average Bonchev–Trinajstić information content (AvgIpc) is 4.13. The molecular formula is C46H58F2N6O8S2. The first-order chi connectivity index (χ1) is 30.5. The lowest BCUT2D eigenvalue weighted by Gasteiger charge is -2.31. The summed E-state index contributed by atoms with van der Waals surface area (Å²) in [7, 11) is -2.37. The van der Waals surface area contributed by atoms with Crippen LogP contribution in [0.25, 0.3) is 22.3 Å². The third-order valence-corrected chi connectivity index (χ3v) is 15.9. The molecule has 14 nitrogen and oxygen atoms in total. The van der Waals surface area contributed by atoms with E-state index in [9.17, 15) is 36.4 Å². The molecule has 1 aromatic carbocycles. The van der Waals surface area contributed by atoms with Gasteiger partial charge in [0, 0.05) is 71.9 Å². The van der Waals surface area contributed by atoms with E-state index in [1.54, 1.807) is 13.2 Å². The van der Waals surface area contributed by atoms with Gasteiger partial charge in [-0.1, -0.05) is 25.0 Å². The average molecular weight is 925 g/mol. The number of hydrogen-bond donors (Lipinski definition) is 3. The minimum Gasteiger partial charge on any atom is -0.496 e. The smallest absolute Gasteiger partial charge is 0.259 e. The molecule has 0 spiro atoms. The van der Waals surface area contributed by atoms with E-state index >= 15 is 0 Å². The summed E-state index contributed by atoms with van der Waals surface area (Å²) in [6.07, 6.45) is 6.62. The molecule has 8 rings (SSSR count). The van der Waals surface area contributed by atoms with Gasteiger partial charge in [0.15, 0.2) is 5.13 Å². The summed E-state index contributed by atoms with van der Waals surface area (Å²) in [4.78, 5) is 68.6. The van der Waals surface area contributed by atoms with Crippen molar-refractivity contribution in [3.05, 3.63) is 41.3 Å². The number of alkyl halides is 2. The highest BCUT2D eigenvalue weighted by Crippen LogP contribution is 2.47. The summed E-state index contributed by atoms with van der Waals surface area (Å²) in [6, 6.07) is 4.41. The minimum absolute atomic E-state index is 0.000884. The molecule has 6 atom stereocenters. The van der Waals surface area contributed by atoms with E-state index in [0.29, 0.717) is 72.3 Å². The number of aryl methyl sites for hydroxylation is 1. The number of rotatable bonds is 12. The van der Waals surface area contributed by atoms with Crippen LogP contribution in [0.5, 0.6) is 11.5 Å². The fourth-order valence-electron chi connectivity index (χ4n) is 9.55. The molecule has 3 aromatic rings. The highest BCUT2D eigenvalue weighted by molar-refractivity contribution is 7.91. The molecule has 4 fully saturated rings. The fourth-order valence-corrected chi connectivity index (χ4v) is 11.8. The number of halogens is 2. The number of carbonyl (C=O) groups excluding carboxylic acids is 4. The quantitative estimate of drug-likeness (QED) is 0.156. The summed E-state index contributed by atoms with van der Waals surface area (Å²) >= 11 is 1.44. The van der Waals surface area contributed by atoms with Crippen molar-refractivity contribution in [3.63, 3.8) is 0 Å². The Labute approximate surface area is 376 Å². The number of allylic oxidation sites excluding steroid dienone is 1. The van der Waals surface area contributed by atoms with Crippen LogP contribution in [0.3, 0.4) is 0 Å². The Morgan fingerprint density at radius 2 is 1.83 bits per heavy atom. The van der Waals surface area contributed by atoms with E-state index < -0.39 is 80.8 Å². The molecule has 18 heteroatoms. The van der Waals surface area contributed by atoms with Crippen molar-refractivity contribution < 1.29 is 45.9 Å². The van der Waals surface area contributed by atoms with Crippen LogP contribution in [0, 0.1) is 24.7 Å². The van der Waals surface area contributed by atoms with Gasteiger partial charge in [-0.3, -0.25) is 23.9 Å². The van der Waals surface area contributed by atoms with Gasteiger partial charge in [0.25, 0.3) is 5.91 Å². The van der Waals surface area contributed by atoms with E-state index in [-0.39, 0.29) is 50.5 Å². The zero-order valence-electron chi connectivity index (χ0n) is 36.8. The first-order valence-electron chi connectivity index (χ1n) is 22.6.